The first-order valence-electron chi connectivity index (χ1n) is 7.14. The van der Waals surface area contributed by atoms with E-state index < -0.39 is 10.1 Å². The maximum Gasteiger partial charge on any atom is 0.261 e. The third-order valence-electron chi connectivity index (χ3n) is 2.07. The van der Waals surface area contributed by atoms with Crippen molar-refractivity contribution in [2.45, 2.75) is 13.8 Å². The molecule has 1 N–H and O–H groups in total. The number of benzene rings is 2. The normalized spacial score (nSPS) is 8.70. The number of hydrogen-bond donors (Lipinski definition) is 1. The lowest BCUT2D eigenvalue weighted by atomic mass is 10.2. The summed E-state index contributed by atoms with van der Waals surface area (Å²) in [6, 6.07) is 20.1. The molecule has 126 valence electrons. The molecule has 3 nitrogen and oxygen atoms in total. The first-order chi connectivity index (χ1) is 10.9. The lowest BCUT2D eigenvalue weighted by Crippen LogP contribution is -1.88. The van der Waals surface area contributed by atoms with Gasteiger partial charge in [0.05, 0.1) is 6.26 Å². The molecule has 0 aromatic heterocycles. The van der Waals surface area contributed by atoms with Crippen LogP contribution < -0.4 is 0 Å². The molecule has 0 saturated heterocycles. The Morgan fingerprint density at radius 1 is 0.783 bits per heavy atom. The van der Waals surface area contributed by atoms with E-state index in [1.165, 1.54) is 11.1 Å². The van der Waals surface area contributed by atoms with Gasteiger partial charge in [-0.1, -0.05) is 99.8 Å². The van der Waals surface area contributed by atoms with Crippen LogP contribution in [0.15, 0.2) is 73.8 Å². The first kappa shape index (κ1) is 23.1. The van der Waals surface area contributed by atoms with E-state index in [4.69, 9.17) is 4.55 Å². The molecule has 0 aliphatic carbocycles. The number of rotatable bonds is 2. The van der Waals surface area contributed by atoms with Gasteiger partial charge in [-0.3, -0.25) is 4.55 Å². The topological polar surface area (TPSA) is 54.4 Å². The van der Waals surface area contributed by atoms with Crippen molar-refractivity contribution >= 4 is 22.3 Å². The van der Waals surface area contributed by atoms with E-state index >= 15 is 0 Å². The van der Waals surface area contributed by atoms with Crippen molar-refractivity contribution in [1.82, 2.24) is 0 Å². The summed E-state index contributed by atoms with van der Waals surface area (Å²) in [5.41, 5.74) is 2.35. The van der Waals surface area contributed by atoms with E-state index in [9.17, 15) is 8.42 Å². The number of hydrogen-bond acceptors (Lipinski definition) is 2. The minimum atomic E-state index is -3.67. The molecule has 0 aliphatic rings. The monoisotopic (exact) mass is 334 g/mol. The van der Waals surface area contributed by atoms with Crippen LogP contribution in [0.25, 0.3) is 12.2 Å². The highest BCUT2D eigenvalue weighted by atomic mass is 32.2. The van der Waals surface area contributed by atoms with Crippen LogP contribution >= 0.6 is 0 Å². The second-order valence-corrected chi connectivity index (χ2v) is 5.43. The Bertz CT molecular complexity index is 567. The molecule has 4 heteroatoms. The molecule has 0 aliphatic heterocycles. The lowest BCUT2D eigenvalue weighted by molar-refractivity contribution is 0.490. The Labute approximate surface area is 140 Å². The largest absolute Gasteiger partial charge is 0.286 e. The highest BCUT2D eigenvalue weighted by Gasteiger charge is 1.81. The average Bonchev–Trinajstić information content (AvgIpc) is 2.57. The fourth-order valence-electron chi connectivity index (χ4n) is 1.18. The highest BCUT2D eigenvalue weighted by molar-refractivity contribution is 7.85. The fraction of sp³-hybridized carbons (Fsp3) is 0.158. The Morgan fingerprint density at radius 3 is 1.13 bits per heavy atom. The van der Waals surface area contributed by atoms with Gasteiger partial charge in [-0.25, -0.2) is 0 Å². The molecule has 0 saturated carbocycles. The molecule has 0 fully saturated rings. The van der Waals surface area contributed by atoms with Crippen LogP contribution in [-0.2, 0) is 10.1 Å². The molecule has 0 atom stereocenters. The molecule has 0 radical (unpaired) electrons. The van der Waals surface area contributed by atoms with Crippen molar-refractivity contribution in [2.24, 2.45) is 0 Å². The van der Waals surface area contributed by atoms with Gasteiger partial charge in [0.25, 0.3) is 10.1 Å². The van der Waals surface area contributed by atoms with Crippen LogP contribution in [0.2, 0.25) is 0 Å². The fourth-order valence-corrected chi connectivity index (χ4v) is 1.18. The SMILES string of the molecule is C=Cc1ccccc1.C=Cc1ccccc1.CC.CS(=O)(=O)O. The Morgan fingerprint density at radius 2 is 1.00 bits per heavy atom. The van der Waals surface area contributed by atoms with Gasteiger partial charge in [0, 0.05) is 0 Å². The molecule has 2 rings (SSSR count). The average molecular weight is 334 g/mol. The first-order valence-corrected chi connectivity index (χ1v) is 8.99. The van der Waals surface area contributed by atoms with Crippen LogP contribution in [0.1, 0.15) is 25.0 Å². The second kappa shape index (κ2) is 14.8. The summed E-state index contributed by atoms with van der Waals surface area (Å²) in [4.78, 5) is 0. The van der Waals surface area contributed by atoms with Crippen LogP contribution in [0.5, 0.6) is 0 Å². The van der Waals surface area contributed by atoms with Crippen molar-refractivity contribution in [3.8, 4) is 0 Å². The highest BCUT2D eigenvalue weighted by Crippen LogP contribution is 1.98. The van der Waals surface area contributed by atoms with E-state index in [2.05, 4.69) is 13.2 Å². The molecular weight excluding hydrogens is 308 g/mol. The predicted octanol–water partition coefficient (Wildman–Crippen LogP) is 5.19. The molecular formula is C19H26O3S. The van der Waals surface area contributed by atoms with E-state index in [1.807, 2.05) is 86.7 Å². The van der Waals surface area contributed by atoms with E-state index in [0.717, 1.165) is 0 Å². The van der Waals surface area contributed by atoms with Crippen molar-refractivity contribution in [3.63, 3.8) is 0 Å². The summed E-state index contributed by atoms with van der Waals surface area (Å²) < 4.78 is 25.9. The van der Waals surface area contributed by atoms with Gasteiger partial charge < -0.3 is 0 Å². The quantitative estimate of drug-likeness (QED) is 0.769. The summed E-state index contributed by atoms with van der Waals surface area (Å²) in [5, 5.41) is 0. The van der Waals surface area contributed by atoms with Crippen molar-refractivity contribution in [2.75, 3.05) is 6.26 Å². The maximum atomic E-state index is 9.19. The van der Waals surface area contributed by atoms with Crippen LogP contribution in [0, 0.1) is 0 Å². The standard InChI is InChI=1S/2C8H8.C2H6.CH4O3S/c2*1-2-8-6-4-3-5-7-8;1-2;1-5(2,3)4/h2*2-7H,1H2;1-2H3;1H3,(H,2,3,4). The van der Waals surface area contributed by atoms with E-state index in [-0.39, 0.29) is 0 Å². The summed E-state index contributed by atoms with van der Waals surface area (Å²) >= 11 is 0. The molecule has 0 amide bonds. The molecule has 0 spiro atoms. The van der Waals surface area contributed by atoms with Gasteiger partial charge in [-0.05, 0) is 11.1 Å². The van der Waals surface area contributed by atoms with E-state index in [1.54, 1.807) is 0 Å². The van der Waals surface area contributed by atoms with Crippen LogP contribution in [0.3, 0.4) is 0 Å². The molecule has 2 aromatic carbocycles. The second-order valence-electron chi connectivity index (χ2n) is 3.96. The van der Waals surface area contributed by atoms with Gasteiger partial charge in [0.15, 0.2) is 0 Å². The molecule has 0 heterocycles. The zero-order valence-electron chi connectivity index (χ0n) is 14.0. The summed E-state index contributed by atoms with van der Waals surface area (Å²) in [5.74, 6) is 0. The van der Waals surface area contributed by atoms with Crippen LogP contribution in [0.4, 0.5) is 0 Å². The van der Waals surface area contributed by atoms with Crippen molar-refractivity contribution < 1.29 is 13.0 Å². The minimum Gasteiger partial charge on any atom is -0.286 e. The summed E-state index contributed by atoms with van der Waals surface area (Å²) in [6.45, 7) is 11.3. The molecule has 0 bridgehead atoms. The maximum absolute atomic E-state index is 9.19. The third-order valence-corrected chi connectivity index (χ3v) is 2.07. The van der Waals surface area contributed by atoms with Gasteiger partial charge in [-0.15, -0.1) is 0 Å². The molecule has 0 unspecified atom stereocenters. The van der Waals surface area contributed by atoms with Crippen molar-refractivity contribution in [1.29, 1.82) is 0 Å². The zero-order valence-corrected chi connectivity index (χ0v) is 14.8. The van der Waals surface area contributed by atoms with Gasteiger partial charge in [0.2, 0.25) is 0 Å². The van der Waals surface area contributed by atoms with Crippen LogP contribution in [-0.4, -0.2) is 19.2 Å². The summed E-state index contributed by atoms with van der Waals surface area (Å²) in [7, 11) is -3.67. The molecule has 2 aromatic rings. The van der Waals surface area contributed by atoms with E-state index in [0.29, 0.717) is 6.26 Å². The Balaban J connectivity index is 0. The third kappa shape index (κ3) is 19.8. The predicted molar refractivity (Wildman–Crippen MR) is 102 cm³/mol. The zero-order chi connectivity index (χ0) is 18.1. The lowest BCUT2D eigenvalue weighted by Gasteiger charge is -1.85. The molecule has 23 heavy (non-hydrogen) atoms. The van der Waals surface area contributed by atoms with Gasteiger partial charge >= 0.3 is 0 Å². The summed E-state index contributed by atoms with van der Waals surface area (Å²) in [6.07, 6.45) is 4.38. The smallest absolute Gasteiger partial charge is 0.261 e. The van der Waals surface area contributed by atoms with Gasteiger partial charge in [-0.2, -0.15) is 8.42 Å². The van der Waals surface area contributed by atoms with Gasteiger partial charge in [0.1, 0.15) is 0 Å². The minimum absolute atomic E-state index is 0.715. The Kier molecular flexibility index (Phi) is 14.8. The Hall–Kier alpha value is -2.17. The van der Waals surface area contributed by atoms with Crippen molar-refractivity contribution in [3.05, 3.63) is 84.9 Å².